The highest BCUT2D eigenvalue weighted by Gasteiger charge is 2.23. The fourth-order valence-corrected chi connectivity index (χ4v) is 4.97. The fraction of sp³-hybridized carbons (Fsp3) is 0.455. The Morgan fingerprint density at radius 3 is 2.44 bits per heavy atom. The second kappa shape index (κ2) is 6.74. The van der Waals surface area contributed by atoms with Crippen LogP contribution < -0.4 is 4.72 Å². The van der Waals surface area contributed by atoms with Gasteiger partial charge in [-0.25, -0.2) is 13.1 Å². The Balaban J connectivity index is 3.10. The minimum atomic E-state index is -3.64. The number of hydrogen-bond donors (Lipinski definition) is 1. The van der Waals surface area contributed by atoms with E-state index in [4.69, 9.17) is 23.2 Å². The second-order valence-electron chi connectivity index (χ2n) is 4.20. The molecule has 0 spiro atoms. The Morgan fingerprint density at radius 2 is 1.94 bits per heavy atom. The molecule has 0 radical (unpaired) electrons. The predicted molar refractivity (Wildman–Crippen MR) is 84.3 cm³/mol. The van der Waals surface area contributed by atoms with Gasteiger partial charge in [-0.15, -0.1) is 0 Å². The van der Waals surface area contributed by atoms with Gasteiger partial charge >= 0.3 is 0 Å². The van der Waals surface area contributed by atoms with E-state index in [0.29, 0.717) is 9.45 Å². The molecule has 0 heterocycles. The Morgan fingerprint density at radius 1 is 1.33 bits per heavy atom. The summed E-state index contributed by atoms with van der Waals surface area (Å²) in [6.07, 6.45) is 0. The number of sulfonamides is 1. The Bertz CT molecular complexity index is 520. The molecule has 1 aromatic carbocycles. The van der Waals surface area contributed by atoms with Crippen molar-refractivity contribution < 1.29 is 8.42 Å². The molecular formula is C11H14Cl2INO2S. The first-order valence-corrected chi connectivity index (χ1v) is 9.07. The summed E-state index contributed by atoms with van der Waals surface area (Å²) in [5.41, 5.74) is 0. The van der Waals surface area contributed by atoms with Crippen molar-refractivity contribution in [1.29, 1.82) is 0 Å². The van der Waals surface area contributed by atoms with Crippen molar-refractivity contribution >= 4 is 55.8 Å². The van der Waals surface area contributed by atoms with Crippen molar-refractivity contribution in [3.63, 3.8) is 0 Å². The van der Waals surface area contributed by atoms with Crippen molar-refractivity contribution in [2.45, 2.75) is 24.8 Å². The summed E-state index contributed by atoms with van der Waals surface area (Å²) < 4.78 is 27.8. The van der Waals surface area contributed by atoms with Crippen LogP contribution in [0.5, 0.6) is 0 Å². The molecule has 1 aromatic rings. The van der Waals surface area contributed by atoms with E-state index < -0.39 is 10.0 Å². The Kier molecular flexibility index (Phi) is 6.18. The predicted octanol–water partition coefficient (Wildman–Crippen LogP) is 3.73. The SMILES string of the molecule is CC(C)C(CI)NS(=O)(=O)c1cc(Cl)ccc1Cl. The zero-order valence-electron chi connectivity index (χ0n) is 9.95. The summed E-state index contributed by atoms with van der Waals surface area (Å²) in [5.74, 6) is 0.203. The van der Waals surface area contributed by atoms with Crippen molar-refractivity contribution in [2.24, 2.45) is 5.92 Å². The van der Waals surface area contributed by atoms with Crippen LogP contribution in [-0.2, 0) is 10.0 Å². The van der Waals surface area contributed by atoms with Crippen LogP contribution in [-0.4, -0.2) is 18.9 Å². The average molecular weight is 422 g/mol. The van der Waals surface area contributed by atoms with Gasteiger partial charge in [0.2, 0.25) is 10.0 Å². The molecule has 1 unspecified atom stereocenters. The number of hydrogen-bond acceptors (Lipinski definition) is 2. The summed E-state index contributed by atoms with van der Waals surface area (Å²) >= 11 is 13.9. The molecule has 0 saturated carbocycles. The van der Waals surface area contributed by atoms with Crippen LogP contribution in [0.15, 0.2) is 23.1 Å². The number of nitrogens with one attached hydrogen (secondary N) is 1. The number of halogens is 3. The van der Waals surface area contributed by atoms with Gasteiger partial charge in [0.05, 0.1) is 5.02 Å². The molecule has 0 saturated heterocycles. The van der Waals surface area contributed by atoms with E-state index in [-0.39, 0.29) is 21.9 Å². The molecule has 0 aliphatic rings. The summed E-state index contributed by atoms with van der Waals surface area (Å²) in [7, 11) is -3.64. The maximum absolute atomic E-state index is 12.2. The summed E-state index contributed by atoms with van der Waals surface area (Å²) in [6, 6.07) is 4.26. The minimum absolute atomic E-state index is 0.0205. The van der Waals surface area contributed by atoms with Gasteiger partial charge in [0.1, 0.15) is 4.90 Å². The largest absolute Gasteiger partial charge is 0.242 e. The first-order valence-electron chi connectivity index (χ1n) is 5.31. The zero-order valence-corrected chi connectivity index (χ0v) is 14.4. The van der Waals surface area contributed by atoms with E-state index >= 15 is 0 Å². The van der Waals surface area contributed by atoms with Crippen LogP contribution in [0, 0.1) is 5.92 Å². The Labute approximate surface area is 131 Å². The molecule has 1 N–H and O–H groups in total. The molecule has 0 aromatic heterocycles. The van der Waals surface area contributed by atoms with E-state index in [0.717, 1.165) is 0 Å². The lowest BCUT2D eigenvalue weighted by Gasteiger charge is -2.20. The number of alkyl halides is 1. The van der Waals surface area contributed by atoms with E-state index in [1.165, 1.54) is 12.1 Å². The van der Waals surface area contributed by atoms with Crippen LogP contribution in [0.3, 0.4) is 0 Å². The van der Waals surface area contributed by atoms with Gasteiger partial charge in [-0.1, -0.05) is 59.6 Å². The lowest BCUT2D eigenvalue weighted by atomic mass is 10.1. The van der Waals surface area contributed by atoms with E-state index in [1.807, 2.05) is 13.8 Å². The van der Waals surface area contributed by atoms with E-state index in [2.05, 4.69) is 27.3 Å². The third-order valence-corrected chi connectivity index (χ3v) is 5.62. The fourth-order valence-electron chi connectivity index (χ4n) is 1.29. The lowest BCUT2D eigenvalue weighted by Crippen LogP contribution is -2.39. The normalized spacial score (nSPS) is 13.9. The van der Waals surface area contributed by atoms with E-state index in [1.54, 1.807) is 6.07 Å². The van der Waals surface area contributed by atoms with Gasteiger partial charge in [-0.05, 0) is 24.1 Å². The molecule has 0 aliphatic heterocycles. The van der Waals surface area contributed by atoms with Crippen LogP contribution in [0.2, 0.25) is 10.0 Å². The third kappa shape index (κ3) is 4.23. The molecule has 0 aliphatic carbocycles. The molecule has 18 heavy (non-hydrogen) atoms. The molecular weight excluding hydrogens is 408 g/mol. The van der Waals surface area contributed by atoms with Crippen LogP contribution in [0.4, 0.5) is 0 Å². The van der Waals surface area contributed by atoms with Crippen molar-refractivity contribution in [3.8, 4) is 0 Å². The minimum Gasteiger partial charge on any atom is -0.207 e. The number of rotatable bonds is 5. The van der Waals surface area contributed by atoms with Gasteiger partial charge in [0.15, 0.2) is 0 Å². The first-order chi connectivity index (χ1) is 8.27. The number of benzene rings is 1. The van der Waals surface area contributed by atoms with Crippen molar-refractivity contribution in [2.75, 3.05) is 4.43 Å². The topological polar surface area (TPSA) is 46.2 Å². The highest BCUT2D eigenvalue weighted by molar-refractivity contribution is 14.1. The lowest BCUT2D eigenvalue weighted by molar-refractivity contribution is 0.486. The van der Waals surface area contributed by atoms with Crippen LogP contribution >= 0.6 is 45.8 Å². The van der Waals surface area contributed by atoms with Crippen molar-refractivity contribution in [1.82, 2.24) is 4.72 Å². The molecule has 7 heteroatoms. The van der Waals surface area contributed by atoms with Gasteiger partial charge < -0.3 is 0 Å². The highest BCUT2D eigenvalue weighted by atomic mass is 127. The molecule has 0 amide bonds. The zero-order chi connectivity index (χ0) is 13.9. The maximum Gasteiger partial charge on any atom is 0.242 e. The third-order valence-electron chi connectivity index (χ3n) is 2.46. The maximum atomic E-state index is 12.2. The summed E-state index contributed by atoms with van der Waals surface area (Å²) in [6.45, 7) is 3.93. The first kappa shape index (κ1) is 16.5. The second-order valence-corrected chi connectivity index (χ2v) is 7.61. The monoisotopic (exact) mass is 421 g/mol. The van der Waals surface area contributed by atoms with Gasteiger partial charge in [-0.2, -0.15) is 0 Å². The van der Waals surface area contributed by atoms with Crippen LogP contribution in [0.1, 0.15) is 13.8 Å². The standard InChI is InChI=1S/C11H14Cl2INO2S/c1-7(2)10(6-14)15-18(16,17)11-5-8(12)3-4-9(11)13/h3-5,7,10,15H,6H2,1-2H3. The summed E-state index contributed by atoms with van der Waals surface area (Å²) in [5, 5.41) is 0.512. The van der Waals surface area contributed by atoms with Crippen LogP contribution in [0.25, 0.3) is 0 Å². The molecule has 1 rings (SSSR count). The van der Waals surface area contributed by atoms with Gasteiger partial charge in [0.25, 0.3) is 0 Å². The van der Waals surface area contributed by atoms with Gasteiger partial charge in [0, 0.05) is 15.5 Å². The average Bonchev–Trinajstić information content (AvgIpc) is 2.28. The van der Waals surface area contributed by atoms with Gasteiger partial charge in [-0.3, -0.25) is 0 Å². The molecule has 0 bridgehead atoms. The highest BCUT2D eigenvalue weighted by Crippen LogP contribution is 2.25. The Hall–Kier alpha value is 0.440. The molecule has 3 nitrogen and oxygen atoms in total. The van der Waals surface area contributed by atoms with E-state index in [9.17, 15) is 8.42 Å². The smallest absolute Gasteiger partial charge is 0.207 e. The summed E-state index contributed by atoms with van der Waals surface area (Å²) in [4.78, 5) is 0.0205. The molecule has 0 fully saturated rings. The van der Waals surface area contributed by atoms with Crippen molar-refractivity contribution in [3.05, 3.63) is 28.2 Å². The molecule has 1 atom stereocenters. The quantitative estimate of drug-likeness (QED) is 0.581. The molecule has 102 valence electrons.